The standard InChI is InChI=1S/C17H18N2O2/c1-13-6-3-4-8-16(13)17-18-14(12-21-17)10-19(2)11-15-7-5-9-20-15/h3-9,12H,10-11H2,1-2H3. The van der Waals surface area contributed by atoms with Crippen LogP contribution in [0.25, 0.3) is 11.5 Å². The number of furan rings is 1. The third-order valence-electron chi connectivity index (χ3n) is 3.36. The number of aryl methyl sites for hydroxylation is 1. The molecule has 0 atom stereocenters. The van der Waals surface area contributed by atoms with Gasteiger partial charge in [-0.3, -0.25) is 4.90 Å². The lowest BCUT2D eigenvalue weighted by atomic mass is 10.1. The fourth-order valence-corrected chi connectivity index (χ4v) is 2.32. The molecule has 0 aliphatic heterocycles. The van der Waals surface area contributed by atoms with Gasteiger partial charge in [-0.05, 0) is 37.7 Å². The van der Waals surface area contributed by atoms with Gasteiger partial charge in [0.2, 0.25) is 5.89 Å². The normalized spacial score (nSPS) is 11.2. The number of hydrogen-bond acceptors (Lipinski definition) is 4. The zero-order valence-corrected chi connectivity index (χ0v) is 12.2. The fourth-order valence-electron chi connectivity index (χ4n) is 2.32. The summed E-state index contributed by atoms with van der Waals surface area (Å²) < 4.78 is 11.0. The quantitative estimate of drug-likeness (QED) is 0.712. The first-order chi connectivity index (χ1) is 10.2. The summed E-state index contributed by atoms with van der Waals surface area (Å²) in [7, 11) is 2.03. The van der Waals surface area contributed by atoms with Gasteiger partial charge >= 0.3 is 0 Å². The van der Waals surface area contributed by atoms with Crippen molar-refractivity contribution in [2.24, 2.45) is 0 Å². The Kier molecular flexibility index (Phi) is 3.88. The topological polar surface area (TPSA) is 42.4 Å². The molecule has 4 nitrogen and oxygen atoms in total. The predicted molar refractivity (Wildman–Crippen MR) is 80.6 cm³/mol. The van der Waals surface area contributed by atoms with Crippen molar-refractivity contribution in [3.05, 3.63) is 65.9 Å². The van der Waals surface area contributed by atoms with Crippen LogP contribution in [0.2, 0.25) is 0 Å². The van der Waals surface area contributed by atoms with E-state index in [1.807, 2.05) is 37.4 Å². The Morgan fingerprint density at radius 2 is 1.90 bits per heavy atom. The molecule has 0 aliphatic carbocycles. The highest BCUT2D eigenvalue weighted by atomic mass is 16.3. The first-order valence-corrected chi connectivity index (χ1v) is 6.94. The van der Waals surface area contributed by atoms with E-state index in [0.29, 0.717) is 5.89 Å². The third-order valence-corrected chi connectivity index (χ3v) is 3.36. The Balaban J connectivity index is 1.69. The van der Waals surface area contributed by atoms with E-state index in [4.69, 9.17) is 8.83 Å². The van der Waals surface area contributed by atoms with Crippen LogP contribution in [0.4, 0.5) is 0 Å². The van der Waals surface area contributed by atoms with Crippen molar-refractivity contribution in [2.45, 2.75) is 20.0 Å². The molecular weight excluding hydrogens is 264 g/mol. The molecule has 3 aromatic rings. The average molecular weight is 282 g/mol. The summed E-state index contributed by atoms with van der Waals surface area (Å²) in [4.78, 5) is 6.71. The minimum Gasteiger partial charge on any atom is -0.468 e. The molecule has 0 saturated carbocycles. The molecule has 0 radical (unpaired) electrons. The lowest BCUT2D eigenvalue weighted by Crippen LogP contribution is -2.17. The van der Waals surface area contributed by atoms with Crippen LogP contribution in [-0.2, 0) is 13.1 Å². The van der Waals surface area contributed by atoms with Crippen molar-refractivity contribution < 1.29 is 8.83 Å². The predicted octanol–water partition coefficient (Wildman–Crippen LogP) is 3.88. The van der Waals surface area contributed by atoms with E-state index in [0.717, 1.165) is 35.7 Å². The summed E-state index contributed by atoms with van der Waals surface area (Å²) >= 11 is 0. The van der Waals surface area contributed by atoms with Gasteiger partial charge in [0.15, 0.2) is 0 Å². The molecule has 0 amide bonds. The highest BCUT2D eigenvalue weighted by Crippen LogP contribution is 2.22. The van der Waals surface area contributed by atoms with E-state index in [1.54, 1.807) is 12.5 Å². The molecule has 4 heteroatoms. The van der Waals surface area contributed by atoms with Crippen LogP contribution in [0.5, 0.6) is 0 Å². The number of hydrogen-bond donors (Lipinski definition) is 0. The van der Waals surface area contributed by atoms with Crippen molar-refractivity contribution >= 4 is 0 Å². The van der Waals surface area contributed by atoms with Gasteiger partial charge in [-0.25, -0.2) is 4.98 Å². The molecule has 0 aliphatic rings. The molecule has 0 N–H and O–H groups in total. The van der Waals surface area contributed by atoms with Gasteiger partial charge in [0.25, 0.3) is 0 Å². The Bertz CT molecular complexity index is 701. The van der Waals surface area contributed by atoms with E-state index in [9.17, 15) is 0 Å². The summed E-state index contributed by atoms with van der Waals surface area (Å²) in [5.74, 6) is 1.62. The number of oxazole rings is 1. The Morgan fingerprint density at radius 1 is 1.05 bits per heavy atom. The molecule has 3 rings (SSSR count). The zero-order chi connectivity index (χ0) is 14.7. The summed E-state index contributed by atoms with van der Waals surface area (Å²) in [6, 6.07) is 12.0. The minimum atomic E-state index is 0.675. The number of nitrogens with zero attached hydrogens (tertiary/aromatic N) is 2. The van der Waals surface area contributed by atoms with Gasteiger partial charge in [0, 0.05) is 12.1 Å². The van der Waals surface area contributed by atoms with E-state index in [-0.39, 0.29) is 0 Å². The highest BCUT2D eigenvalue weighted by Gasteiger charge is 2.11. The van der Waals surface area contributed by atoms with Crippen LogP contribution in [0, 0.1) is 6.92 Å². The van der Waals surface area contributed by atoms with E-state index < -0.39 is 0 Å². The lowest BCUT2D eigenvalue weighted by Gasteiger charge is -2.12. The van der Waals surface area contributed by atoms with Crippen molar-refractivity contribution in [2.75, 3.05) is 7.05 Å². The van der Waals surface area contributed by atoms with Crippen LogP contribution in [-0.4, -0.2) is 16.9 Å². The zero-order valence-electron chi connectivity index (χ0n) is 12.2. The van der Waals surface area contributed by atoms with Crippen molar-refractivity contribution in [3.8, 4) is 11.5 Å². The van der Waals surface area contributed by atoms with Gasteiger partial charge in [-0.2, -0.15) is 0 Å². The molecular formula is C17H18N2O2. The first kappa shape index (κ1) is 13.6. The Morgan fingerprint density at radius 3 is 2.67 bits per heavy atom. The second kappa shape index (κ2) is 5.97. The molecule has 0 bridgehead atoms. The Hall–Kier alpha value is -2.33. The van der Waals surface area contributed by atoms with Crippen molar-refractivity contribution in [1.82, 2.24) is 9.88 Å². The van der Waals surface area contributed by atoms with Crippen LogP contribution < -0.4 is 0 Å². The molecule has 21 heavy (non-hydrogen) atoms. The summed E-state index contributed by atoms with van der Waals surface area (Å²) in [5.41, 5.74) is 3.12. The SMILES string of the molecule is Cc1ccccc1-c1nc(CN(C)Cc2ccco2)co1. The molecule has 2 aromatic heterocycles. The van der Waals surface area contributed by atoms with Crippen molar-refractivity contribution in [1.29, 1.82) is 0 Å². The van der Waals surface area contributed by atoms with Crippen LogP contribution >= 0.6 is 0 Å². The number of rotatable bonds is 5. The summed E-state index contributed by atoms with van der Waals surface area (Å²) in [6.07, 6.45) is 3.41. The van der Waals surface area contributed by atoms with Gasteiger partial charge in [0.05, 0.1) is 18.5 Å². The van der Waals surface area contributed by atoms with Gasteiger partial charge in [-0.1, -0.05) is 18.2 Å². The van der Waals surface area contributed by atoms with Crippen molar-refractivity contribution in [3.63, 3.8) is 0 Å². The molecule has 108 valence electrons. The maximum atomic E-state index is 5.61. The monoisotopic (exact) mass is 282 g/mol. The van der Waals surface area contributed by atoms with Gasteiger partial charge < -0.3 is 8.83 Å². The molecule has 1 aromatic carbocycles. The number of benzene rings is 1. The second-order valence-electron chi connectivity index (χ2n) is 5.21. The maximum absolute atomic E-state index is 5.61. The molecule has 2 heterocycles. The summed E-state index contributed by atoms with van der Waals surface area (Å²) in [6.45, 7) is 3.53. The number of aromatic nitrogens is 1. The maximum Gasteiger partial charge on any atom is 0.226 e. The molecule has 0 unspecified atom stereocenters. The third kappa shape index (κ3) is 3.23. The van der Waals surface area contributed by atoms with Crippen LogP contribution in [0.3, 0.4) is 0 Å². The van der Waals surface area contributed by atoms with Gasteiger partial charge in [-0.15, -0.1) is 0 Å². The first-order valence-electron chi connectivity index (χ1n) is 6.94. The molecule has 0 spiro atoms. The van der Waals surface area contributed by atoms with E-state index in [2.05, 4.69) is 22.9 Å². The lowest BCUT2D eigenvalue weighted by molar-refractivity contribution is 0.284. The highest BCUT2D eigenvalue weighted by molar-refractivity contribution is 5.58. The molecule has 0 fully saturated rings. The average Bonchev–Trinajstić information content (AvgIpc) is 3.11. The van der Waals surface area contributed by atoms with E-state index in [1.165, 1.54) is 0 Å². The molecule has 0 saturated heterocycles. The largest absolute Gasteiger partial charge is 0.468 e. The summed E-state index contributed by atoms with van der Waals surface area (Å²) in [5, 5.41) is 0. The fraction of sp³-hybridized carbons (Fsp3) is 0.235. The smallest absolute Gasteiger partial charge is 0.226 e. The van der Waals surface area contributed by atoms with E-state index >= 15 is 0 Å². The Labute approximate surface area is 124 Å². The van der Waals surface area contributed by atoms with Crippen LogP contribution in [0.1, 0.15) is 17.0 Å². The minimum absolute atomic E-state index is 0.675. The van der Waals surface area contributed by atoms with Gasteiger partial charge in [0.1, 0.15) is 12.0 Å². The van der Waals surface area contributed by atoms with Crippen LogP contribution in [0.15, 0.2) is 57.8 Å². The second-order valence-corrected chi connectivity index (χ2v) is 5.21.